The number of β-amino-alcohol motifs (C(OH)–C–C–N with tert-alkyl or cyclic N) is 1. The Hall–Kier alpha value is -0.415. The second-order valence-electron chi connectivity index (χ2n) is 2.47. The summed E-state index contributed by atoms with van der Waals surface area (Å²) in [6.07, 6.45) is -1.37. The number of hydrogen-bond donors (Lipinski definition) is 1. The molecule has 1 heterocycles. The fraction of sp³-hybridized carbons (Fsp3) is 0.800. The number of rotatable bonds is 2. The molecule has 0 spiro atoms. The monoisotopic (exact) mass is 145 g/mol. The van der Waals surface area contributed by atoms with Crippen LogP contribution in [0.2, 0.25) is 0 Å². The van der Waals surface area contributed by atoms with Crippen LogP contribution >= 0.6 is 0 Å². The van der Waals surface area contributed by atoms with Crippen molar-refractivity contribution in [1.82, 2.24) is 4.81 Å². The quantitative estimate of drug-likeness (QED) is 0.381. The fourth-order valence-electron chi connectivity index (χ4n) is 1.08. The third-order valence-electron chi connectivity index (χ3n) is 1.63. The summed E-state index contributed by atoms with van der Waals surface area (Å²) in [5, 5.41) is 8.86. The smallest absolute Gasteiger partial charge is 0.281 e. The molecular weight excluding hydrogens is 136 g/mol. The first-order valence-electron chi connectivity index (χ1n) is 3.22. The van der Waals surface area contributed by atoms with Crippen LogP contribution in [0.1, 0.15) is 0 Å². The van der Waals surface area contributed by atoms with Gasteiger partial charge in [-0.05, 0) is 0 Å². The molecule has 10 heavy (non-hydrogen) atoms. The number of alkyl halides is 1. The summed E-state index contributed by atoms with van der Waals surface area (Å²) in [5.41, 5.74) is 0. The molecule has 1 saturated heterocycles. The molecule has 0 amide bonds. The Morgan fingerprint density at radius 1 is 1.70 bits per heavy atom. The van der Waals surface area contributed by atoms with Crippen LogP contribution in [0.3, 0.4) is 0 Å². The van der Waals surface area contributed by atoms with E-state index < -0.39 is 12.3 Å². The van der Waals surface area contributed by atoms with Gasteiger partial charge in [-0.15, -0.1) is 0 Å². The van der Waals surface area contributed by atoms with Crippen molar-refractivity contribution in [2.45, 2.75) is 12.3 Å². The maximum Gasteiger partial charge on any atom is 0.281 e. The molecule has 0 aromatic rings. The van der Waals surface area contributed by atoms with E-state index in [0.29, 0.717) is 6.19 Å². The van der Waals surface area contributed by atoms with Gasteiger partial charge in [0.15, 0.2) is 0 Å². The van der Waals surface area contributed by atoms with E-state index >= 15 is 0 Å². The van der Waals surface area contributed by atoms with Crippen molar-refractivity contribution in [2.75, 3.05) is 13.1 Å². The highest BCUT2D eigenvalue weighted by Gasteiger charge is 2.30. The lowest BCUT2D eigenvalue weighted by molar-refractivity contribution is 0.117. The van der Waals surface area contributed by atoms with E-state index in [4.69, 9.17) is 5.11 Å². The number of carbonyl (C=O) groups excluding carboxylic acids is 1. The summed E-state index contributed by atoms with van der Waals surface area (Å²) in [7, 11) is 0.220. The van der Waals surface area contributed by atoms with Gasteiger partial charge in [-0.1, -0.05) is 0 Å². The van der Waals surface area contributed by atoms with Gasteiger partial charge in [-0.2, -0.15) is 0 Å². The summed E-state index contributed by atoms with van der Waals surface area (Å²) >= 11 is 0. The van der Waals surface area contributed by atoms with E-state index in [1.165, 1.54) is 0 Å². The van der Waals surface area contributed by atoms with E-state index in [1.807, 2.05) is 0 Å². The Kier molecular flexibility index (Phi) is 2.40. The largest absolute Gasteiger partial charge is 0.389 e. The Bertz CT molecular complexity index is 125. The summed E-state index contributed by atoms with van der Waals surface area (Å²) in [4.78, 5) is 11.5. The summed E-state index contributed by atoms with van der Waals surface area (Å²) < 4.78 is 12.5. The molecule has 1 rings (SSSR count). The Morgan fingerprint density at radius 3 is 2.80 bits per heavy atom. The van der Waals surface area contributed by atoms with Crippen LogP contribution in [0.4, 0.5) is 4.39 Å². The number of aliphatic hydroxyl groups is 1. The van der Waals surface area contributed by atoms with Crippen molar-refractivity contribution in [1.29, 1.82) is 0 Å². The average molecular weight is 145 g/mol. The van der Waals surface area contributed by atoms with Crippen molar-refractivity contribution in [3.8, 4) is 0 Å². The van der Waals surface area contributed by atoms with Gasteiger partial charge < -0.3 is 14.7 Å². The Balaban J connectivity index is 2.33. The standard InChI is InChI=1S/C5H9BFNO2/c7-4-1-8(6-3-9)2-5(4)10/h3-6,10H,1-2H2/t4-,5-/m1/s1. The predicted octanol–water partition coefficient (Wildman–Crippen LogP) is -1.46. The number of carbonyl (C=O) groups is 1. The van der Waals surface area contributed by atoms with Crippen LogP contribution in [0.25, 0.3) is 0 Å². The molecule has 3 nitrogen and oxygen atoms in total. The number of aliphatic hydroxyl groups excluding tert-OH is 1. The van der Waals surface area contributed by atoms with Crippen molar-refractivity contribution in [3.63, 3.8) is 0 Å². The molecule has 0 aliphatic carbocycles. The van der Waals surface area contributed by atoms with Crippen molar-refractivity contribution >= 4 is 13.6 Å². The van der Waals surface area contributed by atoms with E-state index in [0.717, 1.165) is 0 Å². The zero-order valence-electron chi connectivity index (χ0n) is 5.53. The highest BCUT2D eigenvalue weighted by atomic mass is 19.1. The van der Waals surface area contributed by atoms with Crippen LogP contribution in [0.5, 0.6) is 0 Å². The number of nitrogens with zero attached hydrogens (tertiary/aromatic N) is 1. The van der Waals surface area contributed by atoms with Gasteiger partial charge in [0, 0.05) is 13.1 Å². The lowest BCUT2D eigenvalue weighted by Gasteiger charge is -2.06. The van der Waals surface area contributed by atoms with Gasteiger partial charge >= 0.3 is 0 Å². The Morgan fingerprint density at radius 2 is 2.40 bits per heavy atom. The normalized spacial score (nSPS) is 34.2. The molecule has 1 N–H and O–H groups in total. The van der Waals surface area contributed by atoms with E-state index in [1.54, 1.807) is 4.81 Å². The second kappa shape index (κ2) is 3.12. The van der Waals surface area contributed by atoms with Gasteiger partial charge in [0.05, 0.1) is 12.3 Å². The number of hydrogen-bond acceptors (Lipinski definition) is 3. The zero-order valence-corrected chi connectivity index (χ0v) is 5.53. The molecule has 0 radical (unpaired) electrons. The minimum Gasteiger partial charge on any atom is -0.389 e. The van der Waals surface area contributed by atoms with E-state index in [2.05, 4.69) is 0 Å². The SMILES string of the molecule is O=CBN1C[C@@H](O)[C@H](F)C1. The summed E-state index contributed by atoms with van der Waals surface area (Å²) in [6, 6.07) is 0. The Labute approximate surface area is 59.1 Å². The maximum atomic E-state index is 12.5. The average Bonchev–Trinajstić information content (AvgIpc) is 2.14. The van der Waals surface area contributed by atoms with Crippen LogP contribution in [0, 0.1) is 0 Å². The van der Waals surface area contributed by atoms with Gasteiger partial charge in [-0.25, -0.2) is 4.39 Å². The molecular formula is C5H9BFNO2. The minimum atomic E-state index is -1.18. The molecule has 2 atom stereocenters. The maximum absolute atomic E-state index is 12.5. The van der Waals surface area contributed by atoms with Gasteiger partial charge in [0.2, 0.25) is 0 Å². The molecule has 1 aliphatic heterocycles. The second-order valence-corrected chi connectivity index (χ2v) is 2.47. The minimum absolute atomic E-state index is 0.180. The molecule has 0 aromatic heterocycles. The molecule has 0 saturated carbocycles. The lowest BCUT2D eigenvalue weighted by Crippen LogP contribution is -2.27. The van der Waals surface area contributed by atoms with Gasteiger partial charge in [-0.3, -0.25) is 0 Å². The predicted molar refractivity (Wildman–Crippen MR) is 36.4 cm³/mol. The third-order valence-corrected chi connectivity index (χ3v) is 1.63. The zero-order chi connectivity index (χ0) is 7.56. The first-order valence-corrected chi connectivity index (χ1v) is 3.22. The highest BCUT2D eigenvalue weighted by molar-refractivity contribution is 6.64. The van der Waals surface area contributed by atoms with E-state index in [9.17, 15) is 9.18 Å². The van der Waals surface area contributed by atoms with Crippen molar-refractivity contribution in [2.24, 2.45) is 0 Å². The number of halogens is 1. The van der Waals surface area contributed by atoms with Crippen LogP contribution in [0.15, 0.2) is 0 Å². The molecule has 56 valence electrons. The first-order chi connectivity index (χ1) is 4.74. The summed E-state index contributed by atoms with van der Waals surface area (Å²) in [5.74, 6) is 0. The fourth-order valence-corrected chi connectivity index (χ4v) is 1.08. The topological polar surface area (TPSA) is 40.5 Å². The highest BCUT2D eigenvalue weighted by Crippen LogP contribution is 2.10. The van der Waals surface area contributed by atoms with Crippen LogP contribution in [-0.4, -0.2) is 48.9 Å². The van der Waals surface area contributed by atoms with Crippen molar-refractivity contribution < 1.29 is 14.3 Å². The molecule has 1 aliphatic rings. The first kappa shape index (κ1) is 7.69. The molecule has 0 aromatic carbocycles. The van der Waals surface area contributed by atoms with Crippen LogP contribution < -0.4 is 0 Å². The van der Waals surface area contributed by atoms with E-state index in [-0.39, 0.29) is 20.5 Å². The summed E-state index contributed by atoms with van der Waals surface area (Å²) in [6.45, 7) is 0.458. The molecule has 1 fully saturated rings. The molecule has 0 bridgehead atoms. The van der Waals surface area contributed by atoms with Crippen LogP contribution in [-0.2, 0) is 4.79 Å². The molecule has 0 unspecified atom stereocenters. The van der Waals surface area contributed by atoms with Gasteiger partial charge in [0.25, 0.3) is 7.41 Å². The third kappa shape index (κ3) is 1.55. The van der Waals surface area contributed by atoms with Gasteiger partial charge in [0.1, 0.15) is 6.17 Å². The molecule has 5 heteroatoms. The lowest BCUT2D eigenvalue weighted by atomic mass is 9.96. The van der Waals surface area contributed by atoms with Crippen molar-refractivity contribution in [3.05, 3.63) is 0 Å².